The standard InChI is InChI=1S/C14H18N4O2S/c15-7-6-10-3-1-2-8-17(10)11-4-5-12-13(16-9-21-12)14(11)18(19)20/h4-5,9-10H,1-3,6-8,15H2. The van der Waals surface area contributed by atoms with Gasteiger partial charge in [0, 0.05) is 12.6 Å². The van der Waals surface area contributed by atoms with Gasteiger partial charge in [-0.05, 0) is 44.4 Å². The first-order valence-electron chi connectivity index (χ1n) is 7.19. The minimum Gasteiger partial charge on any atom is -0.363 e. The lowest BCUT2D eigenvalue weighted by atomic mass is 9.98. The number of piperidine rings is 1. The van der Waals surface area contributed by atoms with E-state index >= 15 is 0 Å². The fourth-order valence-electron chi connectivity index (χ4n) is 3.13. The van der Waals surface area contributed by atoms with Crippen LogP contribution in [0.25, 0.3) is 10.2 Å². The van der Waals surface area contributed by atoms with Crippen LogP contribution in [-0.4, -0.2) is 29.0 Å². The number of hydrogen-bond acceptors (Lipinski definition) is 6. The minimum absolute atomic E-state index is 0.137. The predicted octanol–water partition coefficient (Wildman–Crippen LogP) is 2.91. The van der Waals surface area contributed by atoms with Gasteiger partial charge in [-0.15, -0.1) is 11.3 Å². The van der Waals surface area contributed by atoms with Gasteiger partial charge in [0.05, 0.1) is 15.1 Å². The molecule has 0 spiro atoms. The number of thiazole rings is 1. The fraction of sp³-hybridized carbons (Fsp3) is 0.500. The Balaban J connectivity index is 2.09. The molecule has 1 aromatic carbocycles. The zero-order chi connectivity index (χ0) is 14.8. The number of rotatable bonds is 4. The van der Waals surface area contributed by atoms with E-state index in [1.54, 1.807) is 5.51 Å². The molecule has 1 aromatic heterocycles. The highest BCUT2D eigenvalue weighted by Crippen LogP contribution is 2.39. The SMILES string of the molecule is NCCC1CCCCN1c1ccc2scnc2c1[N+](=O)[O-]. The molecule has 6 nitrogen and oxygen atoms in total. The van der Waals surface area contributed by atoms with Crippen LogP contribution in [0, 0.1) is 10.1 Å². The van der Waals surface area contributed by atoms with Crippen LogP contribution in [0.1, 0.15) is 25.7 Å². The van der Waals surface area contributed by atoms with Crippen molar-refractivity contribution >= 4 is 32.9 Å². The quantitative estimate of drug-likeness (QED) is 0.693. The molecule has 0 bridgehead atoms. The maximum absolute atomic E-state index is 11.6. The van der Waals surface area contributed by atoms with Crippen LogP contribution in [-0.2, 0) is 0 Å². The van der Waals surface area contributed by atoms with Gasteiger partial charge in [-0.2, -0.15) is 0 Å². The monoisotopic (exact) mass is 306 g/mol. The summed E-state index contributed by atoms with van der Waals surface area (Å²) in [5, 5.41) is 11.6. The minimum atomic E-state index is -0.300. The summed E-state index contributed by atoms with van der Waals surface area (Å²) in [7, 11) is 0. The van der Waals surface area contributed by atoms with E-state index in [1.807, 2.05) is 12.1 Å². The topological polar surface area (TPSA) is 85.3 Å². The van der Waals surface area contributed by atoms with E-state index in [0.29, 0.717) is 23.8 Å². The molecule has 3 rings (SSSR count). The van der Waals surface area contributed by atoms with Gasteiger partial charge in [0.2, 0.25) is 0 Å². The van der Waals surface area contributed by atoms with Crippen molar-refractivity contribution in [1.29, 1.82) is 0 Å². The molecule has 1 fully saturated rings. The summed E-state index contributed by atoms with van der Waals surface area (Å²) in [6.07, 6.45) is 4.14. The normalized spacial score (nSPS) is 19.1. The first kappa shape index (κ1) is 14.2. The lowest BCUT2D eigenvalue weighted by Gasteiger charge is -2.37. The highest BCUT2D eigenvalue weighted by Gasteiger charge is 2.30. The molecule has 1 unspecified atom stereocenters. The molecular formula is C14H18N4O2S. The van der Waals surface area contributed by atoms with Crippen LogP contribution >= 0.6 is 11.3 Å². The highest BCUT2D eigenvalue weighted by atomic mass is 32.1. The Morgan fingerprint density at radius 3 is 3.10 bits per heavy atom. The Bertz CT molecular complexity index is 655. The van der Waals surface area contributed by atoms with E-state index in [-0.39, 0.29) is 10.6 Å². The summed E-state index contributed by atoms with van der Waals surface area (Å²) < 4.78 is 0.859. The molecule has 1 saturated heterocycles. The molecule has 2 heterocycles. The maximum atomic E-state index is 11.6. The zero-order valence-corrected chi connectivity index (χ0v) is 12.5. The van der Waals surface area contributed by atoms with E-state index in [9.17, 15) is 10.1 Å². The summed E-state index contributed by atoms with van der Waals surface area (Å²) >= 11 is 1.43. The van der Waals surface area contributed by atoms with Gasteiger partial charge in [-0.1, -0.05) is 0 Å². The van der Waals surface area contributed by atoms with Crippen molar-refractivity contribution in [3.05, 3.63) is 27.8 Å². The summed E-state index contributed by atoms with van der Waals surface area (Å²) in [6, 6.07) is 4.09. The Morgan fingerprint density at radius 2 is 2.33 bits per heavy atom. The molecule has 21 heavy (non-hydrogen) atoms. The van der Waals surface area contributed by atoms with Gasteiger partial charge in [0.1, 0.15) is 5.69 Å². The third-order valence-electron chi connectivity index (χ3n) is 4.07. The van der Waals surface area contributed by atoms with Gasteiger partial charge in [-0.25, -0.2) is 4.98 Å². The van der Waals surface area contributed by atoms with Crippen LogP contribution in [0.4, 0.5) is 11.4 Å². The van der Waals surface area contributed by atoms with Crippen LogP contribution in [0.2, 0.25) is 0 Å². The summed E-state index contributed by atoms with van der Waals surface area (Å²) in [5.74, 6) is 0. The Kier molecular flexibility index (Phi) is 4.03. The van der Waals surface area contributed by atoms with E-state index in [4.69, 9.17) is 5.73 Å². The van der Waals surface area contributed by atoms with Crippen molar-refractivity contribution in [3.63, 3.8) is 0 Å². The molecule has 112 valence electrons. The Labute approximate surface area is 126 Å². The Hall–Kier alpha value is -1.73. The second kappa shape index (κ2) is 5.95. The van der Waals surface area contributed by atoms with E-state index in [1.165, 1.54) is 11.3 Å². The number of nitro groups is 1. The maximum Gasteiger partial charge on any atom is 0.319 e. The number of anilines is 1. The van der Waals surface area contributed by atoms with Gasteiger partial charge < -0.3 is 10.6 Å². The number of fused-ring (bicyclic) bond motifs is 1. The average Bonchev–Trinajstić information content (AvgIpc) is 2.95. The molecular weight excluding hydrogens is 288 g/mol. The summed E-state index contributed by atoms with van der Waals surface area (Å²) in [6.45, 7) is 1.45. The molecule has 1 aliphatic rings. The average molecular weight is 306 g/mol. The lowest BCUT2D eigenvalue weighted by Crippen LogP contribution is -2.41. The molecule has 7 heteroatoms. The van der Waals surface area contributed by atoms with Gasteiger partial charge in [0.15, 0.2) is 5.52 Å². The van der Waals surface area contributed by atoms with Crippen LogP contribution in [0.5, 0.6) is 0 Å². The predicted molar refractivity (Wildman–Crippen MR) is 84.9 cm³/mol. The number of nitrogens with zero attached hydrogens (tertiary/aromatic N) is 3. The summed E-state index contributed by atoms with van der Waals surface area (Å²) in [5.41, 5.74) is 8.69. The van der Waals surface area contributed by atoms with Gasteiger partial charge in [-0.3, -0.25) is 10.1 Å². The molecule has 1 atom stereocenters. The van der Waals surface area contributed by atoms with Crippen LogP contribution in [0.3, 0.4) is 0 Å². The second-order valence-corrected chi connectivity index (χ2v) is 6.20. The molecule has 0 amide bonds. The smallest absolute Gasteiger partial charge is 0.319 e. The molecule has 2 N–H and O–H groups in total. The van der Waals surface area contributed by atoms with Crippen molar-refractivity contribution < 1.29 is 4.92 Å². The molecule has 1 aliphatic heterocycles. The van der Waals surface area contributed by atoms with E-state index < -0.39 is 0 Å². The molecule has 0 radical (unpaired) electrons. The number of aromatic nitrogens is 1. The van der Waals surface area contributed by atoms with E-state index in [2.05, 4.69) is 9.88 Å². The van der Waals surface area contributed by atoms with Crippen molar-refractivity contribution in [3.8, 4) is 0 Å². The number of hydrogen-bond donors (Lipinski definition) is 1. The summed E-state index contributed by atoms with van der Waals surface area (Å²) in [4.78, 5) is 17.6. The van der Waals surface area contributed by atoms with E-state index in [0.717, 1.165) is 36.9 Å². The second-order valence-electron chi connectivity index (χ2n) is 5.31. The largest absolute Gasteiger partial charge is 0.363 e. The van der Waals surface area contributed by atoms with Gasteiger partial charge >= 0.3 is 5.69 Å². The first-order valence-corrected chi connectivity index (χ1v) is 8.07. The number of nitrogens with two attached hydrogens (primary N) is 1. The zero-order valence-electron chi connectivity index (χ0n) is 11.7. The van der Waals surface area contributed by atoms with Crippen molar-refractivity contribution in [2.24, 2.45) is 5.73 Å². The Morgan fingerprint density at radius 1 is 1.48 bits per heavy atom. The third-order valence-corrected chi connectivity index (χ3v) is 4.87. The fourth-order valence-corrected chi connectivity index (χ4v) is 3.81. The molecule has 2 aromatic rings. The first-order chi connectivity index (χ1) is 10.2. The van der Waals surface area contributed by atoms with Crippen molar-refractivity contribution in [2.45, 2.75) is 31.7 Å². The molecule has 0 saturated carbocycles. The number of nitro benzene ring substituents is 1. The van der Waals surface area contributed by atoms with Crippen LogP contribution < -0.4 is 10.6 Å². The lowest BCUT2D eigenvalue weighted by molar-refractivity contribution is -0.382. The number of benzene rings is 1. The van der Waals surface area contributed by atoms with Crippen LogP contribution in [0.15, 0.2) is 17.6 Å². The van der Waals surface area contributed by atoms with Crippen molar-refractivity contribution in [1.82, 2.24) is 4.98 Å². The molecule has 0 aliphatic carbocycles. The third kappa shape index (κ3) is 2.58. The van der Waals surface area contributed by atoms with Crippen molar-refractivity contribution in [2.75, 3.05) is 18.0 Å². The van der Waals surface area contributed by atoms with Gasteiger partial charge in [0.25, 0.3) is 0 Å². The highest BCUT2D eigenvalue weighted by molar-refractivity contribution is 7.16.